The number of aromatic nitrogens is 4. The van der Waals surface area contributed by atoms with Crippen LogP contribution in [0.25, 0.3) is 32.9 Å². The maximum Gasteiger partial charge on any atom is 0.412 e. The summed E-state index contributed by atoms with van der Waals surface area (Å²) in [7, 11) is 0. The Bertz CT molecular complexity index is 2630. The van der Waals surface area contributed by atoms with Gasteiger partial charge in [-0.05, 0) is 93.0 Å². The van der Waals surface area contributed by atoms with Gasteiger partial charge in [-0.3, -0.25) is 4.79 Å². The minimum atomic E-state index is -1.60. The first kappa shape index (κ1) is 42.6. The average Bonchev–Trinajstić information content (AvgIpc) is 3.72. The number of Topliss-reactive ketones (excluding diaryl/α,β-unsaturated/α-hetero) is 1. The molecule has 338 valence electrons. The van der Waals surface area contributed by atoms with Crippen LogP contribution in [0.3, 0.4) is 0 Å². The van der Waals surface area contributed by atoms with E-state index in [0.717, 1.165) is 65.1 Å². The second-order valence-electron chi connectivity index (χ2n) is 18.7. The highest BCUT2D eigenvalue weighted by Gasteiger charge is 2.48. The van der Waals surface area contributed by atoms with Gasteiger partial charge < -0.3 is 38.6 Å². The molecule has 0 spiro atoms. The summed E-state index contributed by atoms with van der Waals surface area (Å²) >= 11 is 0. The molecule has 10 rings (SSSR count). The monoisotopic (exact) mass is 876 g/mol. The third-order valence-electron chi connectivity index (χ3n) is 13.6. The van der Waals surface area contributed by atoms with Crippen molar-refractivity contribution >= 4 is 39.5 Å². The van der Waals surface area contributed by atoms with E-state index in [2.05, 4.69) is 11.0 Å². The van der Waals surface area contributed by atoms with Crippen molar-refractivity contribution in [2.75, 3.05) is 37.8 Å². The number of nitrogens with zero attached hydrogens (tertiary/aromatic N) is 6. The lowest BCUT2D eigenvalue weighted by Crippen LogP contribution is -2.50. The molecule has 64 heavy (non-hydrogen) atoms. The molecule has 0 radical (unpaired) electrons. The number of carbonyl (C=O) groups is 2. The number of aliphatic hydroxyl groups is 1. The Labute approximate surface area is 372 Å². The van der Waals surface area contributed by atoms with Gasteiger partial charge in [0.05, 0.1) is 37.0 Å². The van der Waals surface area contributed by atoms with Crippen LogP contribution in [0.2, 0.25) is 0 Å². The summed E-state index contributed by atoms with van der Waals surface area (Å²) in [4.78, 5) is 40.2. The Balaban J connectivity index is 1.18. The van der Waals surface area contributed by atoms with Gasteiger partial charge in [0.15, 0.2) is 17.8 Å². The van der Waals surface area contributed by atoms with Crippen molar-refractivity contribution in [1.29, 1.82) is 0 Å². The van der Waals surface area contributed by atoms with E-state index in [4.69, 9.17) is 38.8 Å². The molecule has 14 nitrogen and oxygen atoms in total. The predicted octanol–water partition coefficient (Wildman–Crippen LogP) is 8.70. The summed E-state index contributed by atoms with van der Waals surface area (Å²) in [5.41, 5.74) is 6.64. The summed E-state index contributed by atoms with van der Waals surface area (Å²) in [5, 5.41) is 16.7. The first-order chi connectivity index (χ1) is 30.8. The van der Waals surface area contributed by atoms with E-state index < -0.39 is 11.9 Å². The molecule has 4 saturated heterocycles. The number of amides is 1. The average molecular weight is 877 g/mol. The van der Waals surface area contributed by atoms with E-state index in [-0.39, 0.29) is 54.6 Å². The number of hydrogen-bond acceptors (Lipinski definition) is 12. The number of hydrogen-bond donors (Lipinski definition) is 1. The van der Waals surface area contributed by atoms with Crippen LogP contribution in [0.4, 0.5) is 15.0 Å². The third kappa shape index (κ3) is 8.04. The van der Waals surface area contributed by atoms with Crippen LogP contribution >= 0.6 is 0 Å². The standard InChI is InChI=1S/C49H57FN6O8/c1-6-30-19-29(10-13-35(30)28(3)57)26-62-45-43(42-27(2)39(50)22-40-38(42)23-51-56(40)41-9-7-8-16-61-41)36(31-11-12-31)21-37-44(45)52-47(63-34-14-17-60-18-15-34)53-46(37)54-24-33-20-32(54)25-55(33)48(58)64-49(4,5)59/h10,13,19,21-23,31-34,41,59H,6-9,11-12,14-18,20,24-26H2,1-5H3/t32-,33-,41?/m0/s1. The van der Waals surface area contributed by atoms with Crippen molar-refractivity contribution < 1.29 is 42.8 Å². The molecule has 5 aromatic rings. The van der Waals surface area contributed by atoms with Crippen LogP contribution in [0, 0.1) is 12.7 Å². The van der Waals surface area contributed by atoms with Crippen molar-refractivity contribution in [3.05, 3.63) is 70.2 Å². The number of piperazine rings is 1. The molecule has 1 N–H and O–H groups in total. The number of aryl methyl sites for hydroxylation is 1. The van der Waals surface area contributed by atoms with E-state index in [1.54, 1.807) is 17.9 Å². The fraction of sp³-hybridized carbons (Fsp3) is 0.531. The molecule has 1 amide bonds. The number of ketones is 1. The summed E-state index contributed by atoms with van der Waals surface area (Å²) in [6, 6.07) is 9.52. The summed E-state index contributed by atoms with van der Waals surface area (Å²) in [6.45, 7) is 11.1. The van der Waals surface area contributed by atoms with E-state index in [9.17, 15) is 14.7 Å². The largest absolute Gasteiger partial charge is 0.486 e. The molecule has 6 heterocycles. The zero-order chi connectivity index (χ0) is 44.4. The second-order valence-corrected chi connectivity index (χ2v) is 18.7. The van der Waals surface area contributed by atoms with E-state index in [1.807, 2.05) is 42.9 Å². The van der Waals surface area contributed by atoms with Gasteiger partial charge in [0.2, 0.25) is 5.79 Å². The molecule has 5 fully saturated rings. The quantitative estimate of drug-likeness (QED) is 0.0944. The number of ether oxygens (including phenoxy) is 5. The van der Waals surface area contributed by atoms with Crippen molar-refractivity contribution in [3.8, 4) is 22.9 Å². The minimum Gasteiger partial charge on any atom is -0.486 e. The SMILES string of the molecule is CCc1cc(COc2c(-c3c(C)c(F)cc4c3cnn4C3CCCCO3)c(C3CC3)cc3c(N4C[C@@H]5C[C@H]4CN5C(=O)OC(C)(C)O)nc(OC4CCOCC4)nc23)ccc1C(C)=O. The third-order valence-corrected chi connectivity index (χ3v) is 13.6. The summed E-state index contributed by atoms with van der Waals surface area (Å²) < 4.78 is 49.5. The van der Waals surface area contributed by atoms with E-state index >= 15 is 4.39 Å². The molecule has 1 aliphatic carbocycles. The van der Waals surface area contributed by atoms with E-state index in [1.165, 1.54) is 13.8 Å². The highest BCUT2D eigenvalue weighted by atomic mass is 19.1. The lowest BCUT2D eigenvalue weighted by atomic mass is 9.88. The van der Waals surface area contributed by atoms with Gasteiger partial charge in [-0.25, -0.2) is 13.9 Å². The fourth-order valence-corrected chi connectivity index (χ4v) is 10.2. The highest BCUT2D eigenvalue weighted by Crippen LogP contribution is 2.54. The molecule has 4 aliphatic heterocycles. The normalized spacial score (nSPS) is 21.6. The maximum atomic E-state index is 16.6. The molecule has 3 atom stereocenters. The first-order valence-corrected chi connectivity index (χ1v) is 23.0. The Morgan fingerprint density at radius 3 is 2.47 bits per heavy atom. The van der Waals surface area contributed by atoms with Crippen molar-refractivity contribution in [2.45, 2.75) is 135 Å². The Morgan fingerprint density at radius 2 is 1.78 bits per heavy atom. The molecule has 3 aromatic carbocycles. The molecule has 15 heteroatoms. The zero-order valence-electron chi connectivity index (χ0n) is 37.3. The Morgan fingerprint density at radius 1 is 0.969 bits per heavy atom. The van der Waals surface area contributed by atoms with Crippen molar-refractivity contribution in [1.82, 2.24) is 24.6 Å². The van der Waals surface area contributed by atoms with Gasteiger partial charge in [-0.2, -0.15) is 15.1 Å². The summed E-state index contributed by atoms with van der Waals surface area (Å²) in [5.74, 6) is -0.611. The molecule has 1 saturated carbocycles. The number of likely N-dealkylation sites (tertiary alicyclic amines) is 1. The Hall–Kier alpha value is -5.38. The molecule has 2 bridgehead atoms. The molecule has 1 unspecified atom stereocenters. The number of fused-ring (bicyclic) bond motifs is 4. The van der Waals surface area contributed by atoms with Gasteiger partial charge >= 0.3 is 12.1 Å². The maximum absolute atomic E-state index is 16.6. The molecular weight excluding hydrogens is 820 g/mol. The van der Waals surface area contributed by atoms with Crippen LogP contribution in [0.15, 0.2) is 36.5 Å². The number of benzene rings is 3. The predicted molar refractivity (Wildman–Crippen MR) is 237 cm³/mol. The number of rotatable bonds is 12. The summed E-state index contributed by atoms with van der Waals surface area (Å²) in [6.07, 6.45) is 8.21. The van der Waals surface area contributed by atoms with Crippen molar-refractivity contribution in [3.63, 3.8) is 0 Å². The molecular formula is C49H57FN6O8. The smallest absolute Gasteiger partial charge is 0.412 e. The number of anilines is 1. The van der Waals surface area contributed by atoms with Gasteiger partial charge in [0, 0.05) is 79.9 Å². The van der Waals surface area contributed by atoms with Gasteiger partial charge in [0.1, 0.15) is 29.9 Å². The number of halogens is 1. The van der Waals surface area contributed by atoms with Crippen LogP contribution in [-0.2, 0) is 27.2 Å². The van der Waals surface area contributed by atoms with E-state index in [0.29, 0.717) is 97.9 Å². The van der Waals surface area contributed by atoms with Crippen LogP contribution < -0.4 is 14.4 Å². The highest BCUT2D eigenvalue weighted by molar-refractivity contribution is 6.06. The molecule has 2 aromatic heterocycles. The van der Waals surface area contributed by atoms with Crippen LogP contribution in [0.5, 0.6) is 11.8 Å². The number of carbonyl (C=O) groups excluding carboxylic acids is 2. The fourth-order valence-electron chi connectivity index (χ4n) is 10.2. The molecule has 5 aliphatic rings. The lowest BCUT2D eigenvalue weighted by molar-refractivity contribution is -0.140. The van der Waals surface area contributed by atoms with Crippen molar-refractivity contribution in [2.24, 2.45) is 0 Å². The lowest BCUT2D eigenvalue weighted by Gasteiger charge is -2.36. The first-order valence-electron chi connectivity index (χ1n) is 23.0. The van der Waals surface area contributed by atoms with Gasteiger partial charge in [-0.15, -0.1) is 0 Å². The van der Waals surface area contributed by atoms with Crippen LogP contribution in [-0.4, -0.2) is 98.5 Å². The zero-order valence-corrected chi connectivity index (χ0v) is 37.3. The van der Waals surface area contributed by atoms with Gasteiger partial charge in [0.25, 0.3) is 0 Å². The van der Waals surface area contributed by atoms with Crippen LogP contribution in [0.1, 0.15) is 124 Å². The Kier molecular flexibility index (Phi) is 11.2. The van der Waals surface area contributed by atoms with Gasteiger partial charge in [-0.1, -0.05) is 25.1 Å². The second kappa shape index (κ2) is 16.9. The topological polar surface area (TPSA) is 151 Å². The minimum absolute atomic E-state index is 0.00801.